The molecule has 0 atom stereocenters. The Morgan fingerprint density at radius 1 is 0.912 bits per heavy atom. The monoisotopic (exact) mass is 465 g/mol. The fourth-order valence-electron chi connectivity index (χ4n) is 4.03. The number of halogens is 1. The number of nitrogens with zero attached hydrogens (tertiary/aromatic N) is 1. The number of aliphatic carboxylic acids is 1. The number of hydrogen-bond donors (Lipinski definition) is 1. The van der Waals surface area contributed by atoms with Crippen LogP contribution in [0.15, 0.2) is 42.5 Å². The fraction of sp³-hybridized carbons (Fsp3) is 0.269. The first kappa shape index (κ1) is 23.2. The van der Waals surface area contributed by atoms with Crippen molar-refractivity contribution in [3.8, 4) is 11.5 Å². The molecule has 0 unspecified atom stereocenters. The number of fused-ring (bicyclic) bond motifs is 2. The number of carboxylic acid groups (broad SMARTS) is 1. The number of carbonyl (C=O) groups excluding carboxylic acids is 2. The minimum atomic E-state index is -1.19. The lowest BCUT2D eigenvalue weighted by molar-refractivity contribution is -0.136. The van der Waals surface area contributed by atoms with Gasteiger partial charge in [0.05, 0.1) is 35.4 Å². The van der Waals surface area contributed by atoms with Gasteiger partial charge >= 0.3 is 5.97 Å². The van der Waals surface area contributed by atoms with Gasteiger partial charge in [-0.15, -0.1) is 0 Å². The molecule has 3 aromatic carbocycles. The van der Waals surface area contributed by atoms with Gasteiger partial charge in [-0.1, -0.05) is 30.3 Å². The van der Waals surface area contributed by atoms with Gasteiger partial charge in [0.25, 0.3) is 11.8 Å². The number of carbonyl (C=O) groups is 3. The van der Waals surface area contributed by atoms with E-state index in [1.807, 2.05) is 27.7 Å². The number of anilines is 1. The SMILES string of the molecule is CC(C)Oc1c2c(c(OC(C)C)c3ccccc13)C(=O)N(c1ccc(CC(=O)O)c(F)c1)C2=O. The van der Waals surface area contributed by atoms with E-state index in [0.29, 0.717) is 10.8 Å². The number of imide groups is 1. The summed E-state index contributed by atoms with van der Waals surface area (Å²) in [5.74, 6) is -2.81. The van der Waals surface area contributed by atoms with Crippen LogP contribution < -0.4 is 14.4 Å². The van der Waals surface area contributed by atoms with Crippen molar-refractivity contribution >= 4 is 34.2 Å². The average molecular weight is 465 g/mol. The molecule has 2 amide bonds. The molecule has 0 radical (unpaired) electrons. The van der Waals surface area contributed by atoms with Gasteiger partial charge < -0.3 is 14.6 Å². The summed E-state index contributed by atoms with van der Waals surface area (Å²) in [6.07, 6.45) is -1.08. The number of amides is 2. The minimum absolute atomic E-state index is 0.00658. The number of ether oxygens (including phenoxy) is 2. The van der Waals surface area contributed by atoms with Crippen LogP contribution in [-0.2, 0) is 11.2 Å². The van der Waals surface area contributed by atoms with Gasteiger partial charge in [-0.3, -0.25) is 14.4 Å². The van der Waals surface area contributed by atoms with Crippen molar-refractivity contribution < 1.29 is 33.4 Å². The van der Waals surface area contributed by atoms with Gasteiger partial charge in [0, 0.05) is 10.8 Å². The van der Waals surface area contributed by atoms with E-state index in [-0.39, 0.29) is 46.1 Å². The van der Waals surface area contributed by atoms with Crippen molar-refractivity contribution in [3.05, 3.63) is 65.0 Å². The first-order valence-corrected chi connectivity index (χ1v) is 10.9. The van der Waals surface area contributed by atoms with Gasteiger partial charge in [0.1, 0.15) is 17.3 Å². The van der Waals surface area contributed by atoms with Gasteiger partial charge in [-0.2, -0.15) is 0 Å². The average Bonchev–Trinajstić information content (AvgIpc) is 3.01. The second kappa shape index (κ2) is 8.78. The zero-order valence-corrected chi connectivity index (χ0v) is 19.2. The molecule has 176 valence electrons. The van der Waals surface area contributed by atoms with E-state index in [9.17, 15) is 18.8 Å². The maximum Gasteiger partial charge on any atom is 0.307 e. The van der Waals surface area contributed by atoms with Crippen molar-refractivity contribution in [1.29, 1.82) is 0 Å². The summed E-state index contributed by atoms with van der Waals surface area (Å²) in [5, 5.41) is 10.2. The number of hydrogen-bond acceptors (Lipinski definition) is 5. The van der Waals surface area contributed by atoms with E-state index in [1.54, 1.807) is 24.3 Å². The number of rotatable bonds is 7. The first-order valence-electron chi connectivity index (χ1n) is 10.9. The maximum absolute atomic E-state index is 14.6. The van der Waals surface area contributed by atoms with Crippen molar-refractivity contribution in [2.45, 2.75) is 46.3 Å². The van der Waals surface area contributed by atoms with Crippen LogP contribution in [0.25, 0.3) is 10.8 Å². The molecule has 7 nitrogen and oxygen atoms in total. The zero-order chi connectivity index (χ0) is 24.7. The first-order chi connectivity index (χ1) is 16.1. The number of benzene rings is 3. The van der Waals surface area contributed by atoms with Crippen LogP contribution in [0, 0.1) is 5.82 Å². The van der Waals surface area contributed by atoms with Gasteiger partial charge in [0.2, 0.25) is 0 Å². The molecule has 0 aliphatic carbocycles. The Labute approximate surface area is 195 Å². The van der Waals surface area contributed by atoms with E-state index >= 15 is 0 Å². The third-order valence-corrected chi connectivity index (χ3v) is 5.30. The summed E-state index contributed by atoms with van der Waals surface area (Å²) in [7, 11) is 0. The Morgan fingerprint density at radius 3 is 1.82 bits per heavy atom. The lowest BCUT2D eigenvalue weighted by Gasteiger charge is -2.20. The molecule has 0 saturated heterocycles. The molecule has 8 heteroatoms. The second-order valence-electron chi connectivity index (χ2n) is 8.58. The van der Waals surface area contributed by atoms with Crippen LogP contribution in [0.1, 0.15) is 54.0 Å². The van der Waals surface area contributed by atoms with Crippen LogP contribution >= 0.6 is 0 Å². The summed E-state index contributed by atoms with van der Waals surface area (Å²) in [6, 6.07) is 10.8. The quantitative estimate of drug-likeness (QED) is 0.495. The molecule has 34 heavy (non-hydrogen) atoms. The Balaban J connectivity index is 1.95. The Bertz CT molecular complexity index is 1260. The van der Waals surface area contributed by atoms with E-state index in [0.717, 1.165) is 11.0 Å². The van der Waals surface area contributed by atoms with Gasteiger partial charge in [-0.25, -0.2) is 9.29 Å². The highest BCUT2D eigenvalue weighted by molar-refractivity contribution is 6.38. The molecular weight excluding hydrogens is 441 g/mol. The normalized spacial score (nSPS) is 13.2. The van der Waals surface area contributed by atoms with E-state index in [2.05, 4.69) is 0 Å². The Kier molecular flexibility index (Phi) is 6.00. The smallest absolute Gasteiger partial charge is 0.307 e. The molecule has 1 heterocycles. The largest absolute Gasteiger partial charge is 0.489 e. The van der Waals surface area contributed by atoms with E-state index in [4.69, 9.17) is 14.6 Å². The number of carboxylic acids is 1. The Morgan fingerprint density at radius 2 is 1.41 bits per heavy atom. The van der Waals surface area contributed by atoms with Crippen molar-refractivity contribution in [1.82, 2.24) is 0 Å². The molecule has 0 bridgehead atoms. The van der Waals surface area contributed by atoms with Crippen LogP contribution in [0.4, 0.5) is 10.1 Å². The third-order valence-electron chi connectivity index (χ3n) is 5.30. The minimum Gasteiger partial charge on any atom is -0.489 e. The molecular formula is C26H24FNO6. The topological polar surface area (TPSA) is 93.1 Å². The molecule has 0 aromatic heterocycles. The van der Waals surface area contributed by atoms with Crippen LogP contribution in [0.2, 0.25) is 0 Å². The van der Waals surface area contributed by atoms with Gasteiger partial charge in [0.15, 0.2) is 0 Å². The van der Waals surface area contributed by atoms with Gasteiger partial charge in [-0.05, 0) is 45.4 Å². The molecule has 0 fully saturated rings. The summed E-state index contributed by atoms with van der Waals surface area (Å²) in [4.78, 5) is 39.1. The summed E-state index contributed by atoms with van der Waals surface area (Å²) >= 11 is 0. The standard InChI is InChI=1S/C26H24FNO6/c1-13(2)33-23-17-7-5-6-8-18(17)24(34-14(3)4)22-21(23)25(31)28(26(22)32)16-10-9-15(11-20(29)30)19(27)12-16/h5-10,12-14H,11H2,1-4H3,(H,29,30). The Hall–Kier alpha value is -3.94. The molecule has 1 N–H and O–H groups in total. The predicted octanol–water partition coefficient (Wildman–Crippen LogP) is 4.98. The molecule has 4 rings (SSSR count). The zero-order valence-electron chi connectivity index (χ0n) is 19.2. The van der Waals surface area contributed by atoms with Crippen molar-refractivity contribution in [2.75, 3.05) is 4.90 Å². The summed E-state index contributed by atoms with van der Waals surface area (Å²) in [6.45, 7) is 7.26. The molecule has 1 aliphatic rings. The lowest BCUT2D eigenvalue weighted by Crippen LogP contribution is -2.29. The third kappa shape index (κ3) is 3.96. The highest BCUT2D eigenvalue weighted by Gasteiger charge is 2.44. The van der Waals surface area contributed by atoms with E-state index < -0.39 is 30.0 Å². The maximum atomic E-state index is 14.6. The summed E-state index contributed by atoms with van der Waals surface area (Å²) < 4.78 is 26.7. The lowest BCUT2D eigenvalue weighted by atomic mass is 9.98. The molecule has 0 spiro atoms. The van der Waals surface area contributed by atoms with Crippen LogP contribution in [0.3, 0.4) is 0 Å². The molecule has 0 saturated carbocycles. The predicted molar refractivity (Wildman–Crippen MR) is 124 cm³/mol. The fourth-order valence-corrected chi connectivity index (χ4v) is 4.03. The highest BCUT2D eigenvalue weighted by atomic mass is 19.1. The van der Waals surface area contributed by atoms with Crippen molar-refractivity contribution in [2.24, 2.45) is 0 Å². The second-order valence-corrected chi connectivity index (χ2v) is 8.58. The van der Waals surface area contributed by atoms with Crippen molar-refractivity contribution in [3.63, 3.8) is 0 Å². The highest BCUT2D eigenvalue weighted by Crippen LogP contribution is 2.46. The molecule has 1 aliphatic heterocycles. The van der Waals surface area contributed by atoms with Crippen LogP contribution in [0.5, 0.6) is 11.5 Å². The van der Waals surface area contributed by atoms with E-state index in [1.165, 1.54) is 12.1 Å². The summed E-state index contributed by atoms with van der Waals surface area (Å²) in [5.41, 5.74) is 0.0605. The van der Waals surface area contributed by atoms with Crippen LogP contribution in [-0.4, -0.2) is 35.1 Å². The molecule has 3 aromatic rings.